The fourth-order valence-electron chi connectivity index (χ4n) is 5.05. The lowest BCUT2D eigenvalue weighted by molar-refractivity contribution is -0.138. The highest BCUT2D eigenvalue weighted by Gasteiger charge is 2.30. The molecular formula is C26H35N5O4. The van der Waals surface area contributed by atoms with Gasteiger partial charge in [-0.25, -0.2) is 4.98 Å². The first-order chi connectivity index (χ1) is 17.0. The first-order valence-electron chi connectivity index (χ1n) is 12.7. The number of anilines is 2. The number of hydrogen-bond donors (Lipinski definition) is 2. The number of hydrogen-bond acceptors (Lipinski definition) is 7. The molecule has 1 fully saturated rings. The minimum Gasteiger partial charge on any atom is -0.481 e. The number of aliphatic carboxylic acids is 1. The van der Waals surface area contributed by atoms with E-state index in [1.54, 1.807) is 11.1 Å². The summed E-state index contributed by atoms with van der Waals surface area (Å²) in [6.45, 7) is 2.84. The number of aryl methyl sites for hydroxylation is 1. The van der Waals surface area contributed by atoms with Crippen LogP contribution in [-0.2, 0) is 11.2 Å². The summed E-state index contributed by atoms with van der Waals surface area (Å²) >= 11 is 0. The summed E-state index contributed by atoms with van der Waals surface area (Å²) in [4.78, 5) is 39.5. The number of ether oxygens (including phenoxy) is 1. The van der Waals surface area contributed by atoms with Crippen LogP contribution in [0.1, 0.15) is 92.5 Å². The number of carboxylic acid groups (broad SMARTS) is 1. The second kappa shape index (κ2) is 11.5. The molecule has 35 heavy (non-hydrogen) atoms. The van der Waals surface area contributed by atoms with Gasteiger partial charge in [0.1, 0.15) is 23.8 Å². The molecule has 1 aliphatic heterocycles. The van der Waals surface area contributed by atoms with Crippen molar-refractivity contribution in [2.24, 2.45) is 5.92 Å². The Labute approximate surface area is 206 Å². The average Bonchev–Trinajstić information content (AvgIpc) is 3.01. The van der Waals surface area contributed by atoms with E-state index < -0.39 is 5.97 Å². The predicted molar refractivity (Wildman–Crippen MR) is 133 cm³/mol. The molecule has 0 unspecified atom stereocenters. The normalized spacial score (nSPS) is 20.1. The number of fused-ring (bicyclic) bond motifs is 1. The molecule has 1 aliphatic carbocycles. The van der Waals surface area contributed by atoms with Gasteiger partial charge in [0.05, 0.1) is 18.4 Å². The quantitative estimate of drug-likeness (QED) is 0.505. The first-order valence-corrected chi connectivity index (χ1v) is 12.7. The van der Waals surface area contributed by atoms with Crippen LogP contribution in [0.25, 0.3) is 0 Å². The van der Waals surface area contributed by atoms with Gasteiger partial charge in [0, 0.05) is 24.5 Å². The van der Waals surface area contributed by atoms with Gasteiger partial charge in [-0.2, -0.15) is 4.98 Å². The number of pyridine rings is 1. The number of aromatic nitrogens is 3. The number of carboxylic acids is 1. The van der Waals surface area contributed by atoms with Crippen molar-refractivity contribution < 1.29 is 19.4 Å². The van der Waals surface area contributed by atoms with Crippen molar-refractivity contribution in [1.29, 1.82) is 0 Å². The van der Waals surface area contributed by atoms with Crippen molar-refractivity contribution in [3.8, 4) is 5.88 Å². The molecular weight excluding hydrogens is 446 g/mol. The van der Waals surface area contributed by atoms with E-state index in [9.17, 15) is 9.59 Å². The van der Waals surface area contributed by atoms with Gasteiger partial charge in [-0.3, -0.25) is 14.6 Å². The minimum absolute atomic E-state index is 0.153. The number of nitrogens with zero attached hydrogens (tertiary/aromatic N) is 4. The maximum atomic E-state index is 13.4. The highest BCUT2D eigenvalue weighted by molar-refractivity contribution is 6.10. The van der Waals surface area contributed by atoms with Crippen LogP contribution in [0.15, 0.2) is 18.3 Å². The zero-order valence-electron chi connectivity index (χ0n) is 20.4. The van der Waals surface area contributed by atoms with Crippen LogP contribution in [0.3, 0.4) is 0 Å². The third kappa shape index (κ3) is 6.07. The van der Waals surface area contributed by atoms with Crippen LogP contribution in [0.5, 0.6) is 5.88 Å². The average molecular weight is 482 g/mol. The molecule has 1 saturated carbocycles. The number of carbonyl (C=O) groups excluding carboxylic acids is 1. The molecule has 0 bridgehead atoms. The summed E-state index contributed by atoms with van der Waals surface area (Å²) < 4.78 is 5.82. The van der Waals surface area contributed by atoms with E-state index in [0.29, 0.717) is 37.0 Å². The molecule has 0 spiro atoms. The minimum atomic E-state index is -0.724. The topological polar surface area (TPSA) is 132 Å². The summed E-state index contributed by atoms with van der Waals surface area (Å²) in [6.07, 6.45) is 10.8. The van der Waals surface area contributed by atoms with Gasteiger partial charge in [-0.15, -0.1) is 0 Å². The Hall–Kier alpha value is -3.23. The number of nitrogen functional groups attached to an aromatic ring is 1. The first kappa shape index (κ1) is 24.9. The molecule has 9 nitrogen and oxygen atoms in total. The monoisotopic (exact) mass is 481 g/mol. The predicted octanol–water partition coefficient (Wildman–Crippen LogP) is 4.36. The second-order valence-electron chi connectivity index (χ2n) is 9.58. The smallest absolute Gasteiger partial charge is 0.303 e. The Kier molecular flexibility index (Phi) is 8.15. The van der Waals surface area contributed by atoms with Gasteiger partial charge in [0.25, 0.3) is 5.91 Å². The number of amides is 1. The third-order valence-corrected chi connectivity index (χ3v) is 7.03. The van der Waals surface area contributed by atoms with Crippen LogP contribution < -0.4 is 15.4 Å². The standard InChI is InChI=1S/C26H35N5O4/c1-2-3-4-5-6-21-29-24(27)23-25(30-21)35-14-13-31(26(23)34)19-11-12-20(28-16-19)18-9-7-17(8-10-18)15-22(32)33/h11-12,16-18H,2-10,13-15H2,1H3,(H,32,33)(H2,27,29,30). The van der Waals surface area contributed by atoms with E-state index in [1.807, 2.05) is 12.1 Å². The molecule has 3 N–H and O–H groups in total. The van der Waals surface area contributed by atoms with E-state index in [0.717, 1.165) is 50.6 Å². The summed E-state index contributed by atoms with van der Waals surface area (Å²) in [5.74, 6) is 0.593. The van der Waals surface area contributed by atoms with Crippen molar-refractivity contribution >= 4 is 23.4 Å². The Morgan fingerprint density at radius 2 is 1.97 bits per heavy atom. The number of carbonyl (C=O) groups is 2. The van der Waals surface area contributed by atoms with Gasteiger partial charge in [-0.05, 0) is 50.2 Å². The van der Waals surface area contributed by atoms with Crippen LogP contribution in [-0.4, -0.2) is 45.1 Å². The Morgan fingerprint density at radius 3 is 2.66 bits per heavy atom. The maximum Gasteiger partial charge on any atom is 0.303 e. The van der Waals surface area contributed by atoms with Gasteiger partial charge >= 0.3 is 5.97 Å². The molecule has 0 saturated heterocycles. The Morgan fingerprint density at radius 1 is 1.17 bits per heavy atom. The van der Waals surface area contributed by atoms with Crippen molar-refractivity contribution in [1.82, 2.24) is 15.0 Å². The molecule has 9 heteroatoms. The molecule has 3 heterocycles. The molecule has 1 amide bonds. The van der Waals surface area contributed by atoms with E-state index >= 15 is 0 Å². The highest BCUT2D eigenvalue weighted by atomic mass is 16.5. The molecule has 0 atom stereocenters. The molecule has 2 aromatic heterocycles. The molecule has 0 aromatic carbocycles. The summed E-state index contributed by atoms with van der Waals surface area (Å²) in [6, 6.07) is 3.88. The SMILES string of the molecule is CCCCCCc1nc(N)c2c(n1)OCCN(c1ccc(C3CCC(CC(=O)O)CC3)nc1)C2=O. The fourth-order valence-corrected chi connectivity index (χ4v) is 5.05. The van der Waals surface area contributed by atoms with Crippen molar-refractivity contribution in [3.05, 3.63) is 35.4 Å². The van der Waals surface area contributed by atoms with Crippen LogP contribution in [0.2, 0.25) is 0 Å². The van der Waals surface area contributed by atoms with Crippen LogP contribution >= 0.6 is 0 Å². The van der Waals surface area contributed by atoms with Gasteiger partial charge < -0.3 is 20.5 Å². The van der Waals surface area contributed by atoms with Gasteiger partial charge in [0.15, 0.2) is 0 Å². The summed E-state index contributed by atoms with van der Waals surface area (Å²) in [5, 5.41) is 9.02. The van der Waals surface area contributed by atoms with Crippen LogP contribution in [0, 0.1) is 5.92 Å². The zero-order valence-corrected chi connectivity index (χ0v) is 20.4. The van der Waals surface area contributed by atoms with Crippen molar-refractivity contribution in [2.75, 3.05) is 23.8 Å². The van der Waals surface area contributed by atoms with E-state index in [-0.39, 0.29) is 35.5 Å². The lowest BCUT2D eigenvalue weighted by Gasteiger charge is -2.27. The summed E-state index contributed by atoms with van der Waals surface area (Å²) in [7, 11) is 0. The van der Waals surface area contributed by atoms with Crippen molar-refractivity contribution in [3.63, 3.8) is 0 Å². The van der Waals surface area contributed by atoms with E-state index in [4.69, 9.17) is 15.6 Å². The zero-order chi connectivity index (χ0) is 24.8. The maximum absolute atomic E-state index is 13.4. The largest absolute Gasteiger partial charge is 0.481 e. The lowest BCUT2D eigenvalue weighted by Crippen LogP contribution is -2.33. The van der Waals surface area contributed by atoms with Gasteiger partial charge in [0.2, 0.25) is 5.88 Å². The fraction of sp³-hybridized carbons (Fsp3) is 0.577. The lowest BCUT2D eigenvalue weighted by atomic mass is 9.79. The second-order valence-corrected chi connectivity index (χ2v) is 9.58. The number of rotatable bonds is 9. The molecule has 188 valence electrons. The van der Waals surface area contributed by atoms with E-state index in [1.165, 1.54) is 6.42 Å². The summed E-state index contributed by atoms with van der Waals surface area (Å²) in [5.41, 5.74) is 8.08. The Balaban J connectivity index is 1.44. The van der Waals surface area contributed by atoms with Crippen molar-refractivity contribution in [2.45, 2.75) is 77.0 Å². The van der Waals surface area contributed by atoms with Crippen LogP contribution in [0.4, 0.5) is 11.5 Å². The molecule has 2 aliphatic rings. The number of nitrogens with two attached hydrogens (primary N) is 1. The third-order valence-electron chi connectivity index (χ3n) is 7.03. The molecule has 0 radical (unpaired) electrons. The highest BCUT2D eigenvalue weighted by Crippen LogP contribution is 2.37. The molecule has 2 aromatic rings. The van der Waals surface area contributed by atoms with E-state index in [2.05, 4.69) is 21.9 Å². The Bertz CT molecular complexity index is 1030. The molecule has 4 rings (SSSR count). The van der Waals surface area contributed by atoms with Gasteiger partial charge in [-0.1, -0.05) is 26.2 Å². The number of unbranched alkanes of at least 4 members (excludes halogenated alkanes) is 3.